The second-order valence-corrected chi connectivity index (χ2v) is 2.37. The maximum Gasteiger partial charge on any atom is 0.169 e. The first-order valence-corrected chi connectivity index (χ1v) is 2.89. The Kier molecular flexibility index (Phi) is 1.24. The molecule has 1 aliphatic rings. The van der Waals surface area contributed by atoms with Crippen LogP contribution in [0.5, 0.6) is 0 Å². The zero-order chi connectivity index (χ0) is 7.02. The van der Waals surface area contributed by atoms with E-state index in [0.717, 1.165) is 0 Å². The highest BCUT2D eigenvalue weighted by Gasteiger charge is 2.30. The number of carbonyl (C=O) groups excluding carboxylic acids is 2. The molecule has 1 atom stereocenters. The molecule has 0 radical (unpaired) electrons. The lowest BCUT2D eigenvalue weighted by molar-refractivity contribution is -0.117. The molecule has 0 heterocycles. The SMILES string of the molecule is C=C1C(=O)CC(C)C1=O. The number of hydrogen-bond acceptors (Lipinski definition) is 2. The number of ketones is 2. The second-order valence-electron chi connectivity index (χ2n) is 2.37. The molecule has 1 saturated carbocycles. The summed E-state index contributed by atoms with van der Waals surface area (Å²) in [5, 5.41) is 0. The molecule has 2 heteroatoms. The summed E-state index contributed by atoms with van der Waals surface area (Å²) in [7, 11) is 0. The van der Waals surface area contributed by atoms with Crippen LogP contribution in [0.1, 0.15) is 13.3 Å². The van der Waals surface area contributed by atoms with Crippen molar-refractivity contribution in [1.29, 1.82) is 0 Å². The lowest BCUT2D eigenvalue weighted by Crippen LogP contribution is -2.01. The molecule has 0 spiro atoms. The molecular formula is C7H8O2. The van der Waals surface area contributed by atoms with Crippen molar-refractivity contribution in [3.05, 3.63) is 12.2 Å². The van der Waals surface area contributed by atoms with Gasteiger partial charge in [-0.1, -0.05) is 13.5 Å². The average molecular weight is 124 g/mol. The number of carbonyl (C=O) groups is 2. The minimum absolute atomic E-state index is 0.0833. The predicted octanol–water partition coefficient (Wildman–Crippen LogP) is 0.721. The minimum atomic E-state index is -0.120. The average Bonchev–Trinajstić information content (AvgIpc) is 1.98. The van der Waals surface area contributed by atoms with E-state index in [2.05, 4.69) is 6.58 Å². The highest BCUT2D eigenvalue weighted by Crippen LogP contribution is 2.20. The summed E-state index contributed by atoms with van der Waals surface area (Å²) in [6, 6.07) is 0. The molecular weight excluding hydrogens is 116 g/mol. The van der Waals surface area contributed by atoms with Crippen molar-refractivity contribution >= 4 is 11.6 Å². The molecule has 48 valence electrons. The third kappa shape index (κ3) is 0.803. The molecule has 0 aromatic carbocycles. The van der Waals surface area contributed by atoms with Gasteiger partial charge in [0.1, 0.15) is 0 Å². The molecule has 2 nitrogen and oxygen atoms in total. The molecule has 0 bridgehead atoms. The second kappa shape index (κ2) is 1.79. The summed E-state index contributed by atoms with van der Waals surface area (Å²) in [6.07, 6.45) is 0.359. The third-order valence-corrected chi connectivity index (χ3v) is 1.57. The lowest BCUT2D eigenvalue weighted by atomic mass is 10.1. The Morgan fingerprint density at radius 3 is 2.22 bits per heavy atom. The first-order chi connectivity index (χ1) is 4.13. The highest BCUT2D eigenvalue weighted by atomic mass is 16.2. The van der Waals surface area contributed by atoms with E-state index in [0.29, 0.717) is 6.42 Å². The largest absolute Gasteiger partial charge is 0.294 e. The van der Waals surface area contributed by atoms with E-state index >= 15 is 0 Å². The van der Waals surface area contributed by atoms with E-state index in [1.54, 1.807) is 6.92 Å². The van der Waals surface area contributed by atoms with Gasteiger partial charge in [-0.05, 0) is 0 Å². The molecule has 1 aliphatic carbocycles. The Labute approximate surface area is 53.6 Å². The quantitative estimate of drug-likeness (QED) is 0.352. The third-order valence-electron chi connectivity index (χ3n) is 1.57. The van der Waals surface area contributed by atoms with Crippen molar-refractivity contribution in [1.82, 2.24) is 0 Å². The zero-order valence-corrected chi connectivity index (χ0v) is 5.31. The van der Waals surface area contributed by atoms with Crippen LogP contribution < -0.4 is 0 Å². The van der Waals surface area contributed by atoms with Crippen LogP contribution in [0.25, 0.3) is 0 Å². The van der Waals surface area contributed by atoms with Gasteiger partial charge in [0, 0.05) is 12.3 Å². The molecule has 0 aromatic heterocycles. The maximum atomic E-state index is 10.8. The van der Waals surface area contributed by atoms with Crippen molar-refractivity contribution in [2.45, 2.75) is 13.3 Å². The summed E-state index contributed by atoms with van der Waals surface area (Å²) >= 11 is 0. The molecule has 0 N–H and O–H groups in total. The minimum Gasteiger partial charge on any atom is -0.294 e. The molecule has 0 amide bonds. The van der Waals surface area contributed by atoms with Gasteiger partial charge >= 0.3 is 0 Å². The van der Waals surface area contributed by atoms with Crippen LogP contribution in [0.15, 0.2) is 12.2 Å². The Hall–Kier alpha value is -0.920. The Balaban J connectivity index is 2.90. The smallest absolute Gasteiger partial charge is 0.169 e. The Morgan fingerprint density at radius 2 is 2.11 bits per heavy atom. The van der Waals surface area contributed by atoms with Gasteiger partial charge in [0.15, 0.2) is 11.6 Å². The molecule has 9 heavy (non-hydrogen) atoms. The summed E-state index contributed by atoms with van der Waals surface area (Å²) in [4.78, 5) is 21.5. The Bertz CT molecular complexity index is 191. The van der Waals surface area contributed by atoms with Gasteiger partial charge in [0.05, 0.1) is 5.57 Å². The topological polar surface area (TPSA) is 34.1 Å². The fourth-order valence-corrected chi connectivity index (χ4v) is 0.929. The van der Waals surface area contributed by atoms with Gasteiger partial charge in [-0.3, -0.25) is 9.59 Å². The first kappa shape index (κ1) is 6.20. The fraction of sp³-hybridized carbons (Fsp3) is 0.429. The van der Waals surface area contributed by atoms with Crippen LogP contribution in [0.3, 0.4) is 0 Å². The number of allylic oxidation sites excluding steroid dienone is 1. The zero-order valence-electron chi connectivity index (χ0n) is 5.31. The molecule has 1 fully saturated rings. The normalized spacial score (nSPS) is 27.7. The standard InChI is InChI=1S/C7H8O2/c1-4-3-6(8)5(2)7(4)9/h4H,2-3H2,1H3. The molecule has 1 rings (SSSR count). The van der Waals surface area contributed by atoms with E-state index in [1.807, 2.05) is 0 Å². The van der Waals surface area contributed by atoms with Gasteiger partial charge in [-0.25, -0.2) is 0 Å². The lowest BCUT2D eigenvalue weighted by Gasteiger charge is -1.90. The maximum absolute atomic E-state index is 10.8. The van der Waals surface area contributed by atoms with Crippen molar-refractivity contribution in [2.24, 2.45) is 5.92 Å². The van der Waals surface area contributed by atoms with Gasteiger partial charge in [-0.15, -0.1) is 0 Å². The number of hydrogen-bond donors (Lipinski definition) is 0. The van der Waals surface area contributed by atoms with E-state index in [4.69, 9.17) is 0 Å². The summed E-state index contributed by atoms with van der Waals surface area (Å²) in [5.74, 6) is -0.294. The number of rotatable bonds is 0. The van der Waals surface area contributed by atoms with Crippen LogP contribution in [0.4, 0.5) is 0 Å². The fourth-order valence-electron chi connectivity index (χ4n) is 0.929. The molecule has 0 aromatic rings. The van der Waals surface area contributed by atoms with Crippen LogP contribution >= 0.6 is 0 Å². The summed E-state index contributed by atoms with van der Waals surface area (Å²) < 4.78 is 0. The monoisotopic (exact) mass is 124 g/mol. The van der Waals surface area contributed by atoms with Gasteiger partial charge in [-0.2, -0.15) is 0 Å². The Morgan fingerprint density at radius 1 is 1.56 bits per heavy atom. The van der Waals surface area contributed by atoms with Crippen molar-refractivity contribution in [2.75, 3.05) is 0 Å². The van der Waals surface area contributed by atoms with E-state index in [-0.39, 0.29) is 23.1 Å². The number of Topliss-reactive ketones (excluding diaryl/α,β-unsaturated/α-hetero) is 2. The van der Waals surface area contributed by atoms with E-state index < -0.39 is 0 Å². The van der Waals surface area contributed by atoms with Crippen LogP contribution in [-0.2, 0) is 9.59 Å². The van der Waals surface area contributed by atoms with Crippen LogP contribution in [0.2, 0.25) is 0 Å². The van der Waals surface area contributed by atoms with Crippen molar-refractivity contribution < 1.29 is 9.59 Å². The van der Waals surface area contributed by atoms with Crippen LogP contribution in [-0.4, -0.2) is 11.6 Å². The summed E-state index contributed by atoms with van der Waals surface area (Å²) in [5.41, 5.74) is 0.183. The van der Waals surface area contributed by atoms with Gasteiger partial charge in [0.25, 0.3) is 0 Å². The molecule has 1 unspecified atom stereocenters. The predicted molar refractivity (Wildman–Crippen MR) is 32.9 cm³/mol. The van der Waals surface area contributed by atoms with Crippen molar-refractivity contribution in [3.8, 4) is 0 Å². The summed E-state index contributed by atoms with van der Waals surface area (Å²) in [6.45, 7) is 5.12. The first-order valence-electron chi connectivity index (χ1n) is 2.89. The van der Waals surface area contributed by atoms with Crippen LogP contribution in [0, 0.1) is 5.92 Å². The van der Waals surface area contributed by atoms with Crippen molar-refractivity contribution in [3.63, 3.8) is 0 Å². The van der Waals surface area contributed by atoms with Gasteiger partial charge < -0.3 is 0 Å². The van der Waals surface area contributed by atoms with E-state index in [9.17, 15) is 9.59 Å². The van der Waals surface area contributed by atoms with E-state index in [1.165, 1.54) is 0 Å². The molecule has 0 saturated heterocycles. The van der Waals surface area contributed by atoms with Gasteiger partial charge in [0.2, 0.25) is 0 Å². The molecule has 0 aliphatic heterocycles. The highest BCUT2D eigenvalue weighted by molar-refractivity contribution is 6.25.